The summed E-state index contributed by atoms with van der Waals surface area (Å²) in [6.07, 6.45) is 1.79. The number of fused-ring (bicyclic) bond motifs is 1. The van der Waals surface area contributed by atoms with Gasteiger partial charge in [0.25, 0.3) is 0 Å². The summed E-state index contributed by atoms with van der Waals surface area (Å²) >= 11 is 3.55. The van der Waals surface area contributed by atoms with E-state index in [1.807, 2.05) is 36.2 Å². The SMILES string of the molecule is CN(CC(C)(C)O)c1nccc2c(Br)cccc12. The minimum Gasteiger partial charge on any atom is -0.389 e. The van der Waals surface area contributed by atoms with Crippen molar-refractivity contribution >= 4 is 32.5 Å². The van der Waals surface area contributed by atoms with Gasteiger partial charge in [-0.15, -0.1) is 0 Å². The molecule has 3 nitrogen and oxygen atoms in total. The molecule has 0 atom stereocenters. The third kappa shape index (κ3) is 2.82. The number of aliphatic hydroxyl groups is 1. The van der Waals surface area contributed by atoms with Crippen molar-refractivity contribution < 1.29 is 5.11 Å². The lowest BCUT2D eigenvalue weighted by atomic mass is 10.1. The largest absolute Gasteiger partial charge is 0.389 e. The second kappa shape index (κ2) is 4.86. The third-order valence-corrected chi connectivity index (χ3v) is 3.41. The molecule has 1 aromatic carbocycles. The molecule has 0 fully saturated rings. The number of hydrogen-bond donors (Lipinski definition) is 1. The van der Waals surface area contributed by atoms with Gasteiger partial charge >= 0.3 is 0 Å². The molecule has 0 aliphatic heterocycles. The van der Waals surface area contributed by atoms with Gasteiger partial charge in [0, 0.05) is 35.0 Å². The Bertz CT molecular complexity index is 563. The number of benzene rings is 1. The van der Waals surface area contributed by atoms with Crippen LogP contribution >= 0.6 is 15.9 Å². The summed E-state index contributed by atoms with van der Waals surface area (Å²) in [5.74, 6) is 0.885. The van der Waals surface area contributed by atoms with Gasteiger partial charge in [-0.05, 0) is 26.0 Å². The second-order valence-corrected chi connectivity index (χ2v) is 5.99. The fourth-order valence-electron chi connectivity index (χ4n) is 2.11. The zero-order valence-corrected chi connectivity index (χ0v) is 12.4. The first kappa shape index (κ1) is 13.3. The van der Waals surface area contributed by atoms with Gasteiger partial charge in [-0.1, -0.05) is 28.1 Å². The highest BCUT2D eigenvalue weighted by Gasteiger charge is 2.18. The molecule has 18 heavy (non-hydrogen) atoms. The van der Waals surface area contributed by atoms with Gasteiger partial charge in [0.1, 0.15) is 5.82 Å². The van der Waals surface area contributed by atoms with E-state index in [9.17, 15) is 5.11 Å². The lowest BCUT2D eigenvalue weighted by molar-refractivity contribution is 0.0885. The molecule has 2 aromatic rings. The highest BCUT2D eigenvalue weighted by atomic mass is 79.9. The van der Waals surface area contributed by atoms with Crippen LogP contribution in [0.15, 0.2) is 34.9 Å². The van der Waals surface area contributed by atoms with Crippen LogP contribution in [0.1, 0.15) is 13.8 Å². The summed E-state index contributed by atoms with van der Waals surface area (Å²) in [4.78, 5) is 6.41. The maximum atomic E-state index is 9.90. The molecular formula is C14H17BrN2O. The smallest absolute Gasteiger partial charge is 0.136 e. The number of nitrogens with zero attached hydrogens (tertiary/aromatic N) is 2. The Balaban J connectivity index is 2.48. The van der Waals surface area contributed by atoms with E-state index in [1.54, 1.807) is 20.0 Å². The summed E-state index contributed by atoms with van der Waals surface area (Å²) in [5.41, 5.74) is -0.745. The topological polar surface area (TPSA) is 36.4 Å². The zero-order valence-electron chi connectivity index (χ0n) is 10.8. The van der Waals surface area contributed by atoms with Crippen molar-refractivity contribution in [3.63, 3.8) is 0 Å². The van der Waals surface area contributed by atoms with Crippen molar-refractivity contribution in [1.82, 2.24) is 4.98 Å². The fraction of sp³-hybridized carbons (Fsp3) is 0.357. The Morgan fingerprint density at radius 3 is 2.67 bits per heavy atom. The van der Waals surface area contributed by atoms with Crippen LogP contribution in [0.25, 0.3) is 10.8 Å². The lowest BCUT2D eigenvalue weighted by Crippen LogP contribution is -2.36. The van der Waals surface area contributed by atoms with Crippen LogP contribution in [0.3, 0.4) is 0 Å². The van der Waals surface area contributed by atoms with Gasteiger partial charge in [-0.2, -0.15) is 0 Å². The van der Waals surface area contributed by atoms with E-state index in [2.05, 4.69) is 20.9 Å². The number of pyridine rings is 1. The molecule has 1 aromatic heterocycles. The normalized spacial score (nSPS) is 11.8. The first-order valence-corrected chi connectivity index (χ1v) is 6.64. The van der Waals surface area contributed by atoms with Crippen LogP contribution in [-0.2, 0) is 0 Å². The molecule has 0 spiro atoms. The molecule has 0 saturated heterocycles. The van der Waals surface area contributed by atoms with Crippen LogP contribution < -0.4 is 4.90 Å². The van der Waals surface area contributed by atoms with Gasteiger partial charge in [0.15, 0.2) is 0 Å². The Morgan fingerprint density at radius 1 is 1.28 bits per heavy atom. The van der Waals surface area contributed by atoms with Gasteiger partial charge in [-0.3, -0.25) is 0 Å². The van der Waals surface area contributed by atoms with Crippen molar-refractivity contribution in [2.24, 2.45) is 0 Å². The molecule has 4 heteroatoms. The molecule has 96 valence electrons. The highest BCUT2D eigenvalue weighted by molar-refractivity contribution is 9.10. The summed E-state index contributed by atoms with van der Waals surface area (Å²) < 4.78 is 1.06. The molecule has 0 radical (unpaired) electrons. The van der Waals surface area contributed by atoms with E-state index in [-0.39, 0.29) is 0 Å². The standard InChI is InChI=1S/C14H17BrN2O/c1-14(2,18)9-17(3)13-11-5-4-6-12(15)10(11)7-8-16-13/h4-8,18H,9H2,1-3H3. The maximum absolute atomic E-state index is 9.90. The predicted octanol–water partition coefficient (Wildman–Crippen LogP) is 3.20. The molecule has 1 heterocycles. The average molecular weight is 309 g/mol. The zero-order chi connectivity index (χ0) is 13.3. The summed E-state index contributed by atoms with van der Waals surface area (Å²) in [6.45, 7) is 4.13. The quantitative estimate of drug-likeness (QED) is 0.946. The molecule has 0 aliphatic carbocycles. The number of anilines is 1. The number of likely N-dealkylation sites (N-methyl/N-ethyl adjacent to an activating group) is 1. The summed E-state index contributed by atoms with van der Waals surface area (Å²) in [5, 5.41) is 12.1. The van der Waals surface area contributed by atoms with E-state index in [4.69, 9.17) is 0 Å². The van der Waals surface area contributed by atoms with Gasteiger partial charge in [0.05, 0.1) is 5.60 Å². The Hall–Kier alpha value is -1.13. The van der Waals surface area contributed by atoms with E-state index in [1.165, 1.54) is 0 Å². The first-order valence-electron chi connectivity index (χ1n) is 5.85. The average Bonchev–Trinajstić information content (AvgIpc) is 2.26. The van der Waals surface area contributed by atoms with Crippen molar-refractivity contribution in [3.05, 3.63) is 34.9 Å². The molecule has 0 aliphatic rings. The molecule has 0 saturated carbocycles. The number of hydrogen-bond acceptors (Lipinski definition) is 3. The molecule has 0 bridgehead atoms. The van der Waals surface area contributed by atoms with Gasteiger partial charge < -0.3 is 10.0 Å². The fourth-order valence-corrected chi connectivity index (χ4v) is 2.61. The highest BCUT2D eigenvalue weighted by Crippen LogP contribution is 2.29. The minimum atomic E-state index is -0.745. The van der Waals surface area contributed by atoms with Gasteiger partial charge in [-0.25, -0.2) is 4.98 Å². The Kier molecular flexibility index (Phi) is 3.59. The van der Waals surface area contributed by atoms with Crippen molar-refractivity contribution in [1.29, 1.82) is 0 Å². The summed E-state index contributed by atoms with van der Waals surface area (Å²) in [7, 11) is 1.95. The maximum Gasteiger partial charge on any atom is 0.136 e. The number of halogens is 1. The Labute approximate surface area is 116 Å². The summed E-state index contributed by atoms with van der Waals surface area (Å²) in [6, 6.07) is 8.04. The van der Waals surface area contributed by atoms with Crippen molar-refractivity contribution in [2.75, 3.05) is 18.5 Å². The molecular weight excluding hydrogens is 292 g/mol. The van der Waals surface area contributed by atoms with E-state index < -0.39 is 5.60 Å². The van der Waals surface area contributed by atoms with Crippen LogP contribution in [0.4, 0.5) is 5.82 Å². The molecule has 2 rings (SSSR count). The molecule has 0 unspecified atom stereocenters. The van der Waals surface area contributed by atoms with Crippen LogP contribution in [-0.4, -0.2) is 29.3 Å². The van der Waals surface area contributed by atoms with E-state index in [0.717, 1.165) is 21.1 Å². The Morgan fingerprint density at radius 2 is 2.00 bits per heavy atom. The van der Waals surface area contributed by atoms with E-state index in [0.29, 0.717) is 6.54 Å². The van der Waals surface area contributed by atoms with Gasteiger partial charge in [0.2, 0.25) is 0 Å². The lowest BCUT2D eigenvalue weighted by Gasteiger charge is -2.27. The third-order valence-electron chi connectivity index (χ3n) is 2.72. The van der Waals surface area contributed by atoms with Crippen LogP contribution in [0.5, 0.6) is 0 Å². The molecule has 1 N–H and O–H groups in total. The van der Waals surface area contributed by atoms with Crippen LogP contribution in [0.2, 0.25) is 0 Å². The number of aromatic nitrogens is 1. The van der Waals surface area contributed by atoms with Crippen molar-refractivity contribution in [2.45, 2.75) is 19.4 Å². The second-order valence-electron chi connectivity index (χ2n) is 5.14. The minimum absolute atomic E-state index is 0.533. The predicted molar refractivity (Wildman–Crippen MR) is 79.0 cm³/mol. The van der Waals surface area contributed by atoms with E-state index >= 15 is 0 Å². The monoisotopic (exact) mass is 308 g/mol. The molecule has 0 amide bonds. The number of rotatable bonds is 3. The first-order chi connectivity index (χ1) is 8.38. The van der Waals surface area contributed by atoms with Crippen LogP contribution in [0, 0.1) is 0 Å². The van der Waals surface area contributed by atoms with Crippen molar-refractivity contribution in [3.8, 4) is 0 Å².